The molecule has 10 heteroatoms. The van der Waals surface area contributed by atoms with Crippen LogP contribution < -0.4 is 15.1 Å². The lowest BCUT2D eigenvalue weighted by Gasteiger charge is -2.15. The Bertz CT molecular complexity index is 1310. The zero-order valence-corrected chi connectivity index (χ0v) is 18.1. The lowest BCUT2D eigenvalue weighted by molar-refractivity contribution is 0.106. The van der Waals surface area contributed by atoms with Gasteiger partial charge in [-0.1, -0.05) is 0 Å². The van der Waals surface area contributed by atoms with Crippen molar-refractivity contribution in [1.29, 1.82) is 10.5 Å². The van der Waals surface area contributed by atoms with Crippen molar-refractivity contribution in [3.05, 3.63) is 83.3 Å². The number of nitrogens with zero attached hydrogens (tertiary/aromatic N) is 6. The van der Waals surface area contributed by atoms with Crippen LogP contribution in [0.1, 0.15) is 10.4 Å². The van der Waals surface area contributed by atoms with Gasteiger partial charge in [-0.3, -0.25) is 9.78 Å². The van der Waals surface area contributed by atoms with E-state index in [1.807, 2.05) is 12.1 Å². The Kier molecular flexibility index (Phi) is 6.30. The van der Waals surface area contributed by atoms with Gasteiger partial charge >= 0.3 is 0 Å². The number of nitriles is 2. The zero-order valence-electron chi connectivity index (χ0n) is 17.3. The summed E-state index contributed by atoms with van der Waals surface area (Å²) in [5, 5.41) is 28.1. The van der Waals surface area contributed by atoms with Gasteiger partial charge in [0.2, 0.25) is 5.78 Å². The van der Waals surface area contributed by atoms with E-state index >= 15 is 0 Å². The van der Waals surface area contributed by atoms with Gasteiger partial charge in [-0.25, -0.2) is 9.99 Å². The highest BCUT2D eigenvalue weighted by molar-refractivity contribution is 8.19. The van der Waals surface area contributed by atoms with Gasteiger partial charge in [0.05, 0.1) is 19.0 Å². The molecule has 0 saturated heterocycles. The van der Waals surface area contributed by atoms with Crippen molar-refractivity contribution in [2.45, 2.75) is 0 Å². The predicted octanol–water partition coefficient (Wildman–Crippen LogP) is 4.24. The number of nitrogens with one attached hydrogen (secondary N) is 1. The first kappa shape index (κ1) is 21.6. The van der Waals surface area contributed by atoms with Crippen LogP contribution in [0.2, 0.25) is 0 Å². The van der Waals surface area contributed by atoms with Crippen LogP contribution in [0.25, 0.3) is 0 Å². The van der Waals surface area contributed by atoms with Gasteiger partial charge in [0.1, 0.15) is 28.7 Å². The standard InChI is InChI=1S/C23H15N7O2S/c1-32-19-8-6-18(7-9-19)30-23(16(12-24)13-25)33-22(29-30)21(31)15-2-4-17(5-3-15)28-20-14-26-10-11-27-20/h2-11,14H,1H3,(H,27,28). The van der Waals surface area contributed by atoms with Crippen LogP contribution in [-0.2, 0) is 0 Å². The number of carbonyl (C=O) groups excluding carboxylic acids is 1. The van der Waals surface area contributed by atoms with Gasteiger partial charge in [-0.15, -0.1) is 0 Å². The fourth-order valence-electron chi connectivity index (χ4n) is 2.90. The third-order valence-corrected chi connectivity index (χ3v) is 5.54. The maximum atomic E-state index is 13.1. The third-order valence-electron chi connectivity index (χ3n) is 4.51. The Morgan fingerprint density at radius 2 is 1.79 bits per heavy atom. The topological polar surface area (TPSA) is 127 Å². The quantitative estimate of drug-likeness (QED) is 0.430. The van der Waals surface area contributed by atoms with Crippen LogP contribution in [0.15, 0.2) is 82.8 Å². The molecule has 0 spiro atoms. The largest absolute Gasteiger partial charge is 0.497 e. The number of hydrogen-bond acceptors (Lipinski definition) is 10. The summed E-state index contributed by atoms with van der Waals surface area (Å²) >= 11 is 0.986. The van der Waals surface area contributed by atoms with Gasteiger partial charge in [0.25, 0.3) is 0 Å². The van der Waals surface area contributed by atoms with E-state index in [0.29, 0.717) is 22.8 Å². The highest BCUT2D eigenvalue weighted by atomic mass is 32.2. The molecule has 0 atom stereocenters. The summed E-state index contributed by atoms with van der Waals surface area (Å²) in [4.78, 5) is 21.3. The second-order valence-corrected chi connectivity index (χ2v) is 7.52. The molecule has 33 heavy (non-hydrogen) atoms. The number of methoxy groups -OCH3 is 1. The summed E-state index contributed by atoms with van der Waals surface area (Å²) < 4.78 is 5.17. The first-order valence-electron chi connectivity index (χ1n) is 9.56. The second kappa shape index (κ2) is 9.64. The van der Waals surface area contributed by atoms with Gasteiger partial charge < -0.3 is 10.1 Å². The van der Waals surface area contributed by atoms with Crippen molar-refractivity contribution < 1.29 is 9.53 Å². The van der Waals surface area contributed by atoms with Crippen LogP contribution in [0.3, 0.4) is 0 Å². The Morgan fingerprint density at radius 1 is 1.06 bits per heavy atom. The van der Waals surface area contributed by atoms with E-state index in [1.54, 1.807) is 74.2 Å². The lowest BCUT2D eigenvalue weighted by Crippen LogP contribution is -2.12. The monoisotopic (exact) mass is 453 g/mol. The number of anilines is 3. The van der Waals surface area contributed by atoms with Crippen molar-refractivity contribution >= 4 is 39.8 Å². The highest BCUT2D eigenvalue weighted by Crippen LogP contribution is 2.38. The maximum Gasteiger partial charge on any atom is 0.220 e. The van der Waals surface area contributed by atoms with E-state index in [4.69, 9.17) is 4.74 Å². The second-order valence-electron chi connectivity index (χ2n) is 6.54. The van der Waals surface area contributed by atoms with Gasteiger partial charge in [-0.05, 0) is 60.3 Å². The number of rotatable bonds is 6. The van der Waals surface area contributed by atoms with Crippen molar-refractivity contribution in [3.63, 3.8) is 0 Å². The van der Waals surface area contributed by atoms with E-state index in [-0.39, 0.29) is 21.4 Å². The number of ether oxygens (including phenoxy) is 1. The number of hydrazone groups is 1. The molecule has 1 N–H and O–H groups in total. The molecule has 2 aromatic carbocycles. The summed E-state index contributed by atoms with van der Waals surface area (Å²) in [6.45, 7) is 0. The average Bonchev–Trinajstić information content (AvgIpc) is 3.31. The van der Waals surface area contributed by atoms with Crippen molar-refractivity contribution in [2.24, 2.45) is 5.10 Å². The molecule has 1 aromatic heterocycles. The molecule has 1 aliphatic rings. The zero-order chi connectivity index (χ0) is 23.2. The third kappa shape index (κ3) is 4.66. The summed E-state index contributed by atoms with van der Waals surface area (Å²) in [6, 6.07) is 17.5. The molecule has 0 radical (unpaired) electrons. The molecule has 0 aliphatic carbocycles. The van der Waals surface area contributed by atoms with Crippen molar-refractivity contribution in [1.82, 2.24) is 9.97 Å². The smallest absolute Gasteiger partial charge is 0.220 e. The minimum absolute atomic E-state index is 0.133. The summed E-state index contributed by atoms with van der Waals surface area (Å²) in [6.07, 6.45) is 4.74. The first-order valence-corrected chi connectivity index (χ1v) is 10.4. The molecule has 0 saturated carbocycles. The van der Waals surface area contributed by atoms with E-state index in [1.165, 1.54) is 5.01 Å². The van der Waals surface area contributed by atoms with Gasteiger partial charge in [0, 0.05) is 23.6 Å². The van der Waals surface area contributed by atoms with Crippen molar-refractivity contribution in [3.8, 4) is 17.9 Å². The number of thioether (sulfide) groups is 1. The molecule has 1 aliphatic heterocycles. The lowest BCUT2D eigenvalue weighted by atomic mass is 10.1. The normalized spacial score (nSPS) is 12.4. The Hall–Kier alpha value is -4.67. The van der Waals surface area contributed by atoms with Crippen LogP contribution in [0, 0.1) is 22.7 Å². The number of carbonyl (C=O) groups is 1. The number of hydrogen-bond donors (Lipinski definition) is 1. The molecule has 2 heterocycles. The number of allylic oxidation sites excluding steroid dienone is 1. The number of ketones is 1. The summed E-state index contributed by atoms with van der Waals surface area (Å²) in [5.41, 5.74) is 1.61. The SMILES string of the molecule is COc1ccc(N2N=C(C(=O)c3ccc(Nc4cnccn4)cc3)SC2=C(C#N)C#N)cc1. The highest BCUT2D eigenvalue weighted by Gasteiger charge is 2.31. The fourth-order valence-corrected chi connectivity index (χ4v) is 3.84. The minimum Gasteiger partial charge on any atom is -0.497 e. The molecule has 0 fully saturated rings. The van der Waals surface area contributed by atoms with Crippen LogP contribution in [0.4, 0.5) is 17.2 Å². The summed E-state index contributed by atoms with van der Waals surface area (Å²) in [5.74, 6) is 0.903. The molecular weight excluding hydrogens is 438 g/mol. The van der Waals surface area contributed by atoms with E-state index in [2.05, 4.69) is 20.4 Å². The van der Waals surface area contributed by atoms with E-state index < -0.39 is 0 Å². The van der Waals surface area contributed by atoms with Gasteiger partial charge in [-0.2, -0.15) is 15.6 Å². The van der Waals surface area contributed by atoms with Gasteiger partial charge in [0.15, 0.2) is 10.6 Å². The molecule has 4 rings (SSSR count). The van der Waals surface area contributed by atoms with E-state index in [9.17, 15) is 15.3 Å². The molecule has 0 amide bonds. The summed E-state index contributed by atoms with van der Waals surface area (Å²) in [7, 11) is 1.55. The molecular formula is C23H15N7O2S. The first-order chi connectivity index (χ1) is 16.1. The van der Waals surface area contributed by atoms with E-state index in [0.717, 1.165) is 17.4 Å². The molecule has 3 aromatic rings. The predicted molar refractivity (Wildman–Crippen MR) is 125 cm³/mol. The molecule has 0 bridgehead atoms. The Morgan fingerprint density at radius 3 is 2.39 bits per heavy atom. The minimum atomic E-state index is -0.324. The Balaban J connectivity index is 1.60. The average molecular weight is 453 g/mol. The van der Waals surface area contributed by atoms with Crippen LogP contribution in [-0.4, -0.2) is 27.9 Å². The van der Waals surface area contributed by atoms with Crippen LogP contribution >= 0.6 is 11.8 Å². The molecule has 160 valence electrons. The maximum absolute atomic E-state index is 13.1. The van der Waals surface area contributed by atoms with Crippen molar-refractivity contribution in [2.75, 3.05) is 17.4 Å². The number of aromatic nitrogens is 2. The number of benzene rings is 2. The Labute approximate surface area is 193 Å². The molecule has 0 unspecified atom stereocenters. The molecule has 9 nitrogen and oxygen atoms in total. The van der Waals surface area contributed by atoms with Crippen LogP contribution in [0.5, 0.6) is 5.75 Å². The number of Topliss-reactive ketones (excluding diaryl/α,β-unsaturated/α-hetero) is 1. The fraction of sp³-hybridized carbons (Fsp3) is 0.0435.